The molecule has 2 aromatic carbocycles. The number of anilines is 1. The number of hydrogen-bond donors (Lipinski definition) is 1. The molecule has 0 amide bonds. The normalized spacial score (nSPS) is 11.0. The summed E-state index contributed by atoms with van der Waals surface area (Å²) in [5.74, 6) is 0.516. The van der Waals surface area contributed by atoms with Gasteiger partial charge in [-0.15, -0.1) is 0 Å². The second-order valence-electron chi connectivity index (χ2n) is 5.98. The van der Waals surface area contributed by atoms with Crippen LogP contribution in [-0.4, -0.2) is 14.5 Å². The van der Waals surface area contributed by atoms with Gasteiger partial charge in [0.1, 0.15) is 17.8 Å². The lowest BCUT2D eigenvalue weighted by Gasteiger charge is -2.04. The molecule has 0 atom stereocenters. The Morgan fingerprint density at radius 3 is 2.46 bits per heavy atom. The number of aryl methyl sites for hydroxylation is 1. The van der Waals surface area contributed by atoms with Crippen molar-refractivity contribution < 1.29 is 0 Å². The van der Waals surface area contributed by atoms with E-state index < -0.39 is 0 Å². The van der Waals surface area contributed by atoms with Gasteiger partial charge in [0.15, 0.2) is 0 Å². The molecule has 0 aliphatic rings. The fourth-order valence-electron chi connectivity index (χ4n) is 3.00. The minimum atomic E-state index is 0.516. The average Bonchev–Trinajstić information content (AvgIpc) is 2.97. The molecule has 2 aromatic heterocycles. The van der Waals surface area contributed by atoms with E-state index in [1.807, 2.05) is 18.2 Å². The van der Waals surface area contributed by atoms with Crippen molar-refractivity contribution in [3.63, 3.8) is 0 Å². The number of aromatic nitrogens is 3. The second-order valence-corrected chi connectivity index (χ2v) is 5.98. The maximum absolute atomic E-state index is 6.17. The molecule has 2 heterocycles. The van der Waals surface area contributed by atoms with Gasteiger partial charge in [0.05, 0.1) is 5.39 Å². The summed E-state index contributed by atoms with van der Waals surface area (Å²) in [7, 11) is 0. The molecule has 0 aliphatic carbocycles. The van der Waals surface area contributed by atoms with E-state index in [1.54, 1.807) is 0 Å². The standard InChI is InChI=1S/C20H18N4/c1-14-7-9-16(10-8-14)17-12-24(11-15-5-3-2-4-6-15)20-18(17)19(21)22-13-23-20/h2-10,12-13H,11H2,1H3,(H2,21,22,23). The highest BCUT2D eigenvalue weighted by molar-refractivity contribution is 6.00. The van der Waals surface area contributed by atoms with Gasteiger partial charge in [-0.2, -0.15) is 0 Å². The summed E-state index contributed by atoms with van der Waals surface area (Å²) in [5, 5.41) is 0.914. The molecule has 2 N–H and O–H groups in total. The first kappa shape index (κ1) is 14.5. The van der Waals surface area contributed by atoms with Crippen molar-refractivity contribution in [3.8, 4) is 11.1 Å². The summed E-state index contributed by atoms with van der Waals surface area (Å²) < 4.78 is 2.14. The van der Waals surface area contributed by atoms with Crippen molar-refractivity contribution in [2.45, 2.75) is 13.5 Å². The zero-order chi connectivity index (χ0) is 16.5. The lowest BCUT2D eigenvalue weighted by atomic mass is 10.0. The molecule has 0 saturated heterocycles. The number of hydrogen-bond acceptors (Lipinski definition) is 3. The minimum Gasteiger partial charge on any atom is -0.383 e. The molecule has 0 bridgehead atoms. The first-order chi connectivity index (χ1) is 11.7. The van der Waals surface area contributed by atoms with Gasteiger partial charge in [0.25, 0.3) is 0 Å². The Morgan fingerprint density at radius 2 is 1.71 bits per heavy atom. The Kier molecular flexibility index (Phi) is 3.50. The first-order valence-electron chi connectivity index (χ1n) is 7.92. The maximum Gasteiger partial charge on any atom is 0.146 e. The Bertz CT molecular complexity index is 986. The number of nitrogens with zero attached hydrogens (tertiary/aromatic N) is 3. The molecule has 0 saturated carbocycles. The van der Waals surface area contributed by atoms with Gasteiger partial charge >= 0.3 is 0 Å². The summed E-state index contributed by atoms with van der Waals surface area (Å²) in [4.78, 5) is 8.66. The Balaban J connectivity index is 1.89. The number of rotatable bonds is 3. The molecule has 0 unspecified atom stereocenters. The largest absolute Gasteiger partial charge is 0.383 e. The monoisotopic (exact) mass is 314 g/mol. The Hall–Kier alpha value is -3.14. The van der Waals surface area contributed by atoms with Gasteiger partial charge in [-0.3, -0.25) is 0 Å². The van der Waals surface area contributed by atoms with Crippen LogP contribution in [-0.2, 0) is 6.54 Å². The number of benzene rings is 2. The third-order valence-electron chi connectivity index (χ3n) is 4.24. The van der Waals surface area contributed by atoms with E-state index in [9.17, 15) is 0 Å². The Labute approximate surface area is 140 Å². The van der Waals surface area contributed by atoms with E-state index in [2.05, 4.69) is 64.1 Å². The molecule has 4 aromatic rings. The van der Waals surface area contributed by atoms with Gasteiger partial charge in [-0.1, -0.05) is 60.2 Å². The molecular weight excluding hydrogens is 296 g/mol. The van der Waals surface area contributed by atoms with Crippen LogP contribution < -0.4 is 5.73 Å². The lowest BCUT2D eigenvalue weighted by molar-refractivity contribution is 0.824. The highest BCUT2D eigenvalue weighted by atomic mass is 15.1. The molecule has 0 aliphatic heterocycles. The molecule has 4 nitrogen and oxygen atoms in total. The van der Waals surface area contributed by atoms with Crippen LogP contribution in [0.1, 0.15) is 11.1 Å². The molecule has 0 fully saturated rings. The number of fused-ring (bicyclic) bond motifs is 1. The van der Waals surface area contributed by atoms with Crippen LogP contribution in [0.2, 0.25) is 0 Å². The summed E-state index contributed by atoms with van der Waals surface area (Å²) in [5.41, 5.74) is 11.7. The van der Waals surface area contributed by atoms with E-state index >= 15 is 0 Å². The van der Waals surface area contributed by atoms with Crippen LogP contribution >= 0.6 is 0 Å². The predicted molar refractivity (Wildman–Crippen MR) is 97.7 cm³/mol. The van der Waals surface area contributed by atoms with Gasteiger partial charge in [-0.05, 0) is 18.1 Å². The second kappa shape index (κ2) is 5.81. The van der Waals surface area contributed by atoms with Crippen LogP contribution in [0.15, 0.2) is 67.1 Å². The van der Waals surface area contributed by atoms with Gasteiger partial charge in [0.2, 0.25) is 0 Å². The molecule has 24 heavy (non-hydrogen) atoms. The topological polar surface area (TPSA) is 56.7 Å². The van der Waals surface area contributed by atoms with E-state index in [-0.39, 0.29) is 0 Å². The molecular formula is C20H18N4. The summed E-state index contributed by atoms with van der Waals surface area (Å²) >= 11 is 0. The average molecular weight is 314 g/mol. The van der Waals surface area contributed by atoms with Crippen LogP contribution in [0.4, 0.5) is 5.82 Å². The van der Waals surface area contributed by atoms with Crippen molar-refractivity contribution in [2.75, 3.05) is 5.73 Å². The van der Waals surface area contributed by atoms with Crippen LogP contribution in [0.25, 0.3) is 22.2 Å². The van der Waals surface area contributed by atoms with Crippen molar-refractivity contribution in [1.82, 2.24) is 14.5 Å². The minimum absolute atomic E-state index is 0.516. The third-order valence-corrected chi connectivity index (χ3v) is 4.24. The van der Waals surface area contributed by atoms with E-state index in [4.69, 9.17) is 5.73 Å². The highest BCUT2D eigenvalue weighted by Crippen LogP contribution is 2.33. The van der Waals surface area contributed by atoms with Crippen molar-refractivity contribution in [1.29, 1.82) is 0 Å². The molecule has 0 spiro atoms. The quantitative estimate of drug-likeness (QED) is 0.621. The maximum atomic E-state index is 6.17. The van der Waals surface area contributed by atoms with Crippen LogP contribution in [0.3, 0.4) is 0 Å². The SMILES string of the molecule is Cc1ccc(-c2cn(Cc3ccccc3)c3ncnc(N)c23)cc1. The first-order valence-corrected chi connectivity index (χ1v) is 7.92. The smallest absolute Gasteiger partial charge is 0.146 e. The van der Waals surface area contributed by atoms with E-state index in [0.717, 1.165) is 28.7 Å². The van der Waals surface area contributed by atoms with Crippen molar-refractivity contribution >= 4 is 16.9 Å². The van der Waals surface area contributed by atoms with E-state index in [0.29, 0.717) is 5.82 Å². The molecule has 4 heteroatoms. The molecule has 118 valence electrons. The Morgan fingerprint density at radius 1 is 0.958 bits per heavy atom. The van der Waals surface area contributed by atoms with Crippen molar-refractivity contribution in [2.24, 2.45) is 0 Å². The fourth-order valence-corrected chi connectivity index (χ4v) is 3.00. The van der Waals surface area contributed by atoms with Crippen LogP contribution in [0, 0.1) is 6.92 Å². The van der Waals surface area contributed by atoms with E-state index in [1.165, 1.54) is 17.5 Å². The zero-order valence-corrected chi connectivity index (χ0v) is 13.5. The van der Waals surface area contributed by atoms with Gasteiger partial charge in [-0.25, -0.2) is 9.97 Å². The number of nitrogen functional groups attached to an aromatic ring is 1. The predicted octanol–water partition coefficient (Wildman–Crippen LogP) is 4.04. The van der Waals surface area contributed by atoms with Gasteiger partial charge in [0, 0.05) is 18.3 Å². The zero-order valence-electron chi connectivity index (χ0n) is 13.5. The number of nitrogens with two attached hydrogens (primary N) is 1. The fraction of sp³-hybridized carbons (Fsp3) is 0.100. The lowest BCUT2D eigenvalue weighted by Crippen LogP contribution is -2.00. The van der Waals surface area contributed by atoms with Crippen LogP contribution in [0.5, 0.6) is 0 Å². The summed E-state index contributed by atoms with van der Waals surface area (Å²) in [6.07, 6.45) is 3.64. The van der Waals surface area contributed by atoms with Crippen molar-refractivity contribution in [3.05, 3.63) is 78.2 Å². The highest BCUT2D eigenvalue weighted by Gasteiger charge is 2.15. The summed E-state index contributed by atoms with van der Waals surface area (Å²) in [6, 6.07) is 18.8. The van der Waals surface area contributed by atoms with Gasteiger partial charge < -0.3 is 10.3 Å². The summed E-state index contributed by atoms with van der Waals surface area (Å²) in [6.45, 7) is 2.83. The third kappa shape index (κ3) is 2.52. The molecule has 0 radical (unpaired) electrons. The molecule has 4 rings (SSSR count).